The number of allylic oxidation sites excluding steroid dienone is 1. The van der Waals surface area contributed by atoms with E-state index in [9.17, 15) is 13.2 Å². The fourth-order valence-electron chi connectivity index (χ4n) is 2.98. The van der Waals surface area contributed by atoms with Gasteiger partial charge in [-0.05, 0) is 57.4 Å². The van der Waals surface area contributed by atoms with Crippen LogP contribution in [-0.4, -0.2) is 18.8 Å². The van der Waals surface area contributed by atoms with E-state index in [0.717, 1.165) is 25.8 Å². The lowest BCUT2D eigenvalue weighted by molar-refractivity contribution is -0.184. The Morgan fingerprint density at radius 1 is 1.26 bits per heavy atom. The lowest BCUT2D eigenvalue weighted by atomic mass is 9.77. The molecule has 1 atom stereocenters. The second kappa shape index (κ2) is 7.93. The molecule has 1 rings (SSSR count). The lowest BCUT2D eigenvalue weighted by Crippen LogP contribution is -2.40. The van der Waals surface area contributed by atoms with Crippen LogP contribution in [-0.2, 0) is 0 Å². The van der Waals surface area contributed by atoms with Gasteiger partial charge in [0.1, 0.15) is 0 Å². The van der Waals surface area contributed by atoms with E-state index < -0.39 is 12.1 Å². The molecule has 1 unspecified atom stereocenters. The van der Waals surface area contributed by atoms with Crippen molar-refractivity contribution in [2.24, 2.45) is 11.8 Å². The minimum Gasteiger partial charge on any atom is -0.314 e. The van der Waals surface area contributed by atoms with Crippen molar-refractivity contribution in [3.8, 4) is 0 Å². The lowest BCUT2D eigenvalue weighted by Gasteiger charge is -2.35. The fourth-order valence-corrected chi connectivity index (χ4v) is 2.98. The first-order valence-corrected chi connectivity index (χ1v) is 7.40. The molecule has 4 heteroatoms. The summed E-state index contributed by atoms with van der Waals surface area (Å²) < 4.78 is 37.9. The van der Waals surface area contributed by atoms with Gasteiger partial charge in [-0.3, -0.25) is 0 Å². The zero-order valence-electron chi connectivity index (χ0n) is 11.8. The van der Waals surface area contributed by atoms with Crippen LogP contribution in [0.3, 0.4) is 0 Å². The van der Waals surface area contributed by atoms with Crippen LogP contribution in [0.15, 0.2) is 12.7 Å². The minimum atomic E-state index is -4.00. The molecule has 0 amide bonds. The van der Waals surface area contributed by atoms with Crippen LogP contribution in [0.4, 0.5) is 13.2 Å². The topological polar surface area (TPSA) is 12.0 Å². The van der Waals surface area contributed by atoms with E-state index >= 15 is 0 Å². The third-order valence-corrected chi connectivity index (χ3v) is 4.14. The molecule has 0 radical (unpaired) electrons. The van der Waals surface area contributed by atoms with Gasteiger partial charge in [0.2, 0.25) is 0 Å². The molecule has 0 aromatic carbocycles. The van der Waals surface area contributed by atoms with Crippen molar-refractivity contribution in [2.45, 2.75) is 64.1 Å². The standard InChI is InChI=1S/C15H26F3N/c1-3-5-6-14(19-11-4-2)12-7-9-13(10-8-12)15(16,17)18/h3,12-14,19H,1,4-11H2,2H3. The highest BCUT2D eigenvalue weighted by Gasteiger charge is 2.42. The predicted octanol–water partition coefficient (Wildman–Crippen LogP) is 4.69. The van der Waals surface area contributed by atoms with Gasteiger partial charge in [0, 0.05) is 6.04 Å². The number of halogens is 3. The summed E-state index contributed by atoms with van der Waals surface area (Å²) in [5.41, 5.74) is 0. The molecule has 19 heavy (non-hydrogen) atoms. The minimum absolute atomic E-state index is 0.298. The van der Waals surface area contributed by atoms with Gasteiger partial charge < -0.3 is 5.32 Å². The van der Waals surface area contributed by atoms with E-state index in [4.69, 9.17) is 0 Å². The highest BCUT2D eigenvalue weighted by atomic mass is 19.4. The van der Waals surface area contributed by atoms with Gasteiger partial charge in [-0.2, -0.15) is 13.2 Å². The summed E-state index contributed by atoms with van der Waals surface area (Å²) in [5, 5.41) is 3.50. The molecule has 1 aliphatic rings. The molecule has 0 bridgehead atoms. The Bertz CT molecular complexity index is 255. The molecule has 0 aromatic heterocycles. The number of hydrogen-bond acceptors (Lipinski definition) is 1. The van der Waals surface area contributed by atoms with Crippen LogP contribution in [0, 0.1) is 11.8 Å². The summed E-state index contributed by atoms with van der Waals surface area (Å²) in [6.45, 7) is 6.78. The molecule has 0 spiro atoms. The summed E-state index contributed by atoms with van der Waals surface area (Å²) in [6.07, 6.45) is 2.86. The molecule has 1 saturated carbocycles. The van der Waals surface area contributed by atoms with E-state index in [1.165, 1.54) is 0 Å². The van der Waals surface area contributed by atoms with Gasteiger partial charge in [0.25, 0.3) is 0 Å². The third-order valence-electron chi connectivity index (χ3n) is 4.14. The third kappa shape index (κ3) is 5.55. The zero-order valence-corrected chi connectivity index (χ0v) is 11.8. The monoisotopic (exact) mass is 277 g/mol. The molecule has 0 saturated heterocycles. The molecule has 0 heterocycles. The van der Waals surface area contributed by atoms with Gasteiger partial charge in [-0.15, -0.1) is 6.58 Å². The van der Waals surface area contributed by atoms with E-state index in [0.29, 0.717) is 37.6 Å². The highest BCUT2D eigenvalue weighted by molar-refractivity contribution is 4.85. The van der Waals surface area contributed by atoms with Gasteiger partial charge >= 0.3 is 6.18 Å². The van der Waals surface area contributed by atoms with Gasteiger partial charge in [0.05, 0.1) is 5.92 Å². The SMILES string of the molecule is C=CCCC(NCCC)C1CCC(C(F)(F)F)CC1. The van der Waals surface area contributed by atoms with Crippen LogP contribution in [0.1, 0.15) is 51.9 Å². The van der Waals surface area contributed by atoms with E-state index in [1.54, 1.807) is 0 Å². The normalized spacial score (nSPS) is 26.1. The molecule has 1 fully saturated rings. The number of hydrogen-bond donors (Lipinski definition) is 1. The summed E-state index contributed by atoms with van der Waals surface area (Å²) >= 11 is 0. The van der Waals surface area contributed by atoms with E-state index in [1.807, 2.05) is 6.08 Å². The Hall–Kier alpha value is -0.510. The maximum atomic E-state index is 12.6. The predicted molar refractivity (Wildman–Crippen MR) is 73.0 cm³/mol. The zero-order chi connectivity index (χ0) is 14.3. The van der Waals surface area contributed by atoms with Crippen molar-refractivity contribution in [3.05, 3.63) is 12.7 Å². The Morgan fingerprint density at radius 3 is 2.37 bits per heavy atom. The molecular formula is C15H26F3N. The first kappa shape index (κ1) is 16.5. The van der Waals surface area contributed by atoms with Crippen molar-refractivity contribution >= 4 is 0 Å². The van der Waals surface area contributed by atoms with Crippen molar-refractivity contribution in [2.75, 3.05) is 6.54 Å². The van der Waals surface area contributed by atoms with Crippen LogP contribution in [0.2, 0.25) is 0 Å². The average Bonchev–Trinajstić information content (AvgIpc) is 2.38. The van der Waals surface area contributed by atoms with Crippen molar-refractivity contribution in [1.29, 1.82) is 0 Å². The van der Waals surface area contributed by atoms with Gasteiger partial charge in [-0.25, -0.2) is 0 Å². The fraction of sp³-hybridized carbons (Fsp3) is 0.867. The highest BCUT2D eigenvalue weighted by Crippen LogP contribution is 2.40. The first-order valence-electron chi connectivity index (χ1n) is 7.40. The van der Waals surface area contributed by atoms with Gasteiger partial charge in [-0.1, -0.05) is 13.0 Å². The van der Waals surface area contributed by atoms with Crippen molar-refractivity contribution in [1.82, 2.24) is 5.32 Å². The van der Waals surface area contributed by atoms with Gasteiger partial charge in [0.15, 0.2) is 0 Å². The Morgan fingerprint density at radius 2 is 1.89 bits per heavy atom. The molecular weight excluding hydrogens is 251 g/mol. The molecule has 112 valence electrons. The number of alkyl halides is 3. The largest absolute Gasteiger partial charge is 0.391 e. The summed E-state index contributed by atoms with van der Waals surface area (Å²) in [7, 11) is 0. The smallest absolute Gasteiger partial charge is 0.314 e. The van der Waals surface area contributed by atoms with Crippen LogP contribution in [0.5, 0.6) is 0 Å². The quantitative estimate of drug-likeness (QED) is 0.666. The molecule has 1 aliphatic carbocycles. The summed E-state index contributed by atoms with van der Waals surface area (Å²) in [4.78, 5) is 0. The van der Waals surface area contributed by atoms with Crippen molar-refractivity contribution in [3.63, 3.8) is 0 Å². The molecule has 1 nitrogen and oxygen atoms in total. The summed E-state index contributed by atoms with van der Waals surface area (Å²) in [5.74, 6) is -0.680. The van der Waals surface area contributed by atoms with E-state index in [2.05, 4.69) is 18.8 Å². The maximum Gasteiger partial charge on any atom is 0.391 e. The summed E-state index contributed by atoms with van der Waals surface area (Å²) in [6, 6.07) is 0.354. The molecule has 0 aromatic rings. The van der Waals surface area contributed by atoms with E-state index in [-0.39, 0.29) is 0 Å². The Kier molecular flexibility index (Phi) is 6.90. The molecule has 1 N–H and O–H groups in total. The van der Waals surface area contributed by atoms with Crippen molar-refractivity contribution < 1.29 is 13.2 Å². The van der Waals surface area contributed by atoms with Crippen LogP contribution >= 0.6 is 0 Å². The second-order valence-corrected chi connectivity index (χ2v) is 5.58. The first-order chi connectivity index (χ1) is 8.99. The Balaban J connectivity index is 2.46. The Labute approximate surface area is 114 Å². The number of rotatable bonds is 7. The van der Waals surface area contributed by atoms with Crippen LogP contribution in [0.25, 0.3) is 0 Å². The maximum absolute atomic E-state index is 12.6. The number of nitrogens with one attached hydrogen (secondary N) is 1. The molecule has 0 aliphatic heterocycles. The average molecular weight is 277 g/mol. The van der Waals surface area contributed by atoms with Crippen LogP contribution < -0.4 is 5.32 Å². The second-order valence-electron chi connectivity index (χ2n) is 5.58.